The van der Waals surface area contributed by atoms with Crippen molar-refractivity contribution in [3.05, 3.63) is 28.8 Å². The van der Waals surface area contributed by atoms with E-state index in [9.17, 15) is 0 Å². The molecular formula is C14H23NO. The summed E-state index contributed by atoms with van der Waals surface area (Å²) in [5, 5.41) is 3.18. The number of likely N-dealkylation sites (N-methyl/N-ethyl adjacent to an activating group) is 1. The third-order valence-electron chi connectivity index (χ3n) is 2.86. The molecule has 1 aromatic carbocycles. The van der Waals surface area contributed by atoms with E-state index in [-0.39, 0.29) is 6.10 Å². The lowest BCUT2D eigenvalue weighted by Crippen LogP contribution is -2.12. The highest BCUT2D eigenvalue weighted by Crippen LogP contribution is 2.25. The summed E-state index contributed by atoms with van der Waals surface area (Å²) in [6.45, 7) is 9.45. The Hall–Kier alpha value is -1.02. The summed E-state index contributed by atoms with van der Waals surface area (Å²) in [6, 6.07) is 4.27. The van der Waals surface area contributed by atoms with E-state index in [2.05, 4.69) is 45.1 Å². The van der Waals surface area contributed by atoms with E-state index in [1.54, 1.807) is 0 Å². The first kappa shape index (κ1) is 13.0. The molecule has 1 N–H and O–H groups in total. The average molecular weight is 221 g/mol. The zero-order chi connectivity index (χ0) is 12.1. The summed E-state index contributed by atoms with van der Waals surface area (Å²) in [5.74, 6) is 1.01. The van der Waals surface area contributed by atoms with Gasteiger partial charge in [0.2, 0.25) is 0 Å². The van der Waals surface area contributed by atoms with Gasteiger partial charge in [-0.2, -0.15) is 0 Å². The third-order valence-corrected chi connectivity index (χ3v) is 2.86. The van der Waals surface area contributed by atoms with Crippen LogP contribution in [0.25, 0.3) is 0 Å². The highest BCUT2D eigenvalue weighted by molar-refractivity contribution is 5.43. The second kappa shape index (κ2) is 5.90. The molecule has 0 heterocycles. The molecule has 0 aromatic heterocycles. The van der Waals surface area contributed by atoms with E-state index in [0.717, 1.165) is 18.7 Å². The predicted octanol–water partition coefficient (Wildman–Crippen LogP) is 2.85. The minimum absolute atomic E-state index is 0.237. The molecule has 90 valence electrons. The Morgan fingerprint density at radius 3 is 2.44 bits per heavy atom. The van der Waals surface area contributed by atoms with Gasteiger partial charge in [0.05, 0.1) is 6.10 Å². The maximum Gasteiger partial charge on any atom is 0.122 e. The van der Waals surface area contributed by atoms with Crippen LogP contribution in [0.15, 0.2) is 12.1 Å². The Morgan fingerprint density at radius 2 is 1.88 bits per heavy atom. The van der Waals surface area contributed by atoms with Crippen molar-refractivity contribution in [1.82, 2.24) is 5.32 Å². The van der Waals surface area contributed by atoms with E-state index in [4.69, 9.17) is 4.74 Å². The van der Waals surface area contributed by atoms with Crippen molar-refractivity contribution < 1.29 is 4.74 Å². The molecule has 2 nitrogen and oxygen atoms in total. The van der Waals surface area contributed by atoms with Crippen LogP contribution in [0.1, 0.15) is 30.5 Å². The summed E-state index contributed by atoms with van der Waals surface area (Å²) in [4.78, 5) is 0. The van der Waals surface area contributed by atoms with Crippen molar-refractivity contribution in [2.45, 2.75) is 40.2 Å². The van der Waals surface area contributed by atoms with Crippen LogP contribution in [0.3, 0.4) is 0 Å². The molecule has 0 radical (unpaired) electrons. The molecule has 0 bridgehead atoms. The Kier molecular flexibility index (Phi) is 4.81. The monoisotopic (exact) mass is 221 g/mol. The van der Waals surface area contributed by atoms with Gasteiger partial charge in [0.25, 0.3) is 0 Å². The first-order valence-electron chi connectivity index (χ1n) is 5.96. The third kappa shape index (κ3) is 3.24. The summed E-state index contributed by atoms with van der Waals surface area (Å²) in [6.07, 6.45) is 1.31. The van der Waals surface area contributed by atoms with E-state index in [1.165, 1.54) is 16.7 Å². The van der Waals surface area contributed by atoms with E-state index in [1.807, 2.05) is 7.05 Å². The van der Waals surface area contributed by atoms with Crippen molar-refractivity contribution in [3.63, 3.8) is 0 Å². The lowest BCUT2D eigenvalue weighted by Gasteiger charge is -2.16. The molecule has 0 saturated heterocycles. The number of nitrogens with one attached hydrogen (secondary N) is 1. The highest BCUT2D eigenvalue weighted by Gasteiger charge is 2.08. The molecule has 0 fully saturated rings. The topological polar surface area (TPSA) is 21.3 Å². The maximum absolute atomic E-state index is 5.77. The SMILES string of the molecule is CNCCc1ccc(OC(C)C)c(C)c1C. The van der Waals surface area contributed by atoms with Gasteiger partial charge in [-0.05, 0) is 70.5 Å². The predicted molar refractivity (Wildman–Crippen MR) is 69.3 cm³/mol. The van der Waals surface area contributed by atoms with Crippen LogP contribution >= 0.6 is 0 Å². The van der Waals surface area contributed by atoms with Crippen LogP contribution in [0.2, 0.25) is 0 Å². The molecule has 0 aliphatic carbocycles. The smallest absolute Gasteiger partial charge is 0.122 e. The fraction of sp³-hybridized carbons (Fsp3) is 0.571. The number of hydrogen-bond acceptors (Lipinski definition) is 2. The van der Waals surface area contributed by atoms with Gasteiger partial charge in [0, 0.05) is 0 Å². The van der Waals surface area contributed by atoms with Crippen molar-refractivity contribution in [3.8, 4) is 5.75 Å². The molecule has 16 heavy (non-hydrogen) atoms. The summed E-state index contributed by atoms with van der Waals surface area (Å²) in [7, 11) is 1.98. The minimum atomic E-state index is 0.237. The van der Waals surface area contributed by atoms with Gasteiger partial charge in [-0.15, -0.1) is 0 Å². The van der Waals surface area contributed by atoms with Crippen molar-refractivity contribution in [1.29, 1.82) is 0 Å². The second-order valence-corrected chi connectivity index (χ2v) is 4.49. The standard InChI is InChI=1S/C14H23NO/c1-10(2)16-14-7-6-13(8-9-15-5)11(3)12(14)4/h6-7,10,15H,8-9H2,1-5H3. The molecule has 0 amide bonds. The molecule has 0 saturated carbocycles. The van der Waals surface area contributed by atoms with Crippen LogP contribution < -0.4 is 10.1 Å². The van der Waals surface area contributed by atoms with E-state index in [0.29, 0.717) is 0 Å². The number of rotatable bonds is 5. The molecule has 0 aliphatic heterocycles. The van der Waals surface area contributed by atoms with Gasteiger partial charge in [-0.1, -0.05) is 6.07 Å². The molecule has 0 aliphatic rings. The van der Waals surface area contributed by atoms with Crippen molar-refractivity contribution in [2.24, 2.45) is 0 Å². The summed E-state index contributed by atoms with van der Waals surface area (Å²) in [5.41, 5.74) is 4.03. The van der Waals surface area contributed by atoms with Gasteiger partial charge in [0.15, 0.2) is 0 Å². The van der Waals surface area contributed by atoms with Crippen LogP contribution in [-0.4, -0.2) is 19.7 Å². The molecule has 2 heteroatoms. The van der Waals surface area contributed by atoms with Gasteiger partial charge < -0.3 is 10.1 Å². The minimum Gasteiger partial charge on any atom is -0.491 e. The van der Waals surface area contributed by atoms with Gasteiger partial charge in [-0.25, -0.2) is 0 Å². The first-order valence-corrected chi connectivity index (χ1v) is 5.96. The highest BCUT2D eigenvalue weighted by atomic mass is 16.5. The molecular weight excluding hydrogens is 198 g/mol. The number of ether oxygens (including phenoxy) is 1. The van der Waals surface area contributed by atoms with Crippen LogP contribution in [0.4, 0.5) is 0 Å². The van der Waals surface area contributed by atoms with Gasteiger partial charge >= 0.3 is 0 Å². The second-order valence-electron chi connectivity index (χ2n) is 4.49. The largest absolute Gasteiger partial charge is 0.491 e. The summed E-state index contributed by atoms with van der Waals surface area (Å²) < 4.78 is 5.77. The van der Waals surface area contributed by atoms with E-state index >= 15 is 0 Å². The molecule has 0 atom stereocenters. The van der Waals surface area contributed by atoms with Crippen molar-refractivity contribution >= 4 is 0 Å². The summed E-state index contributed by atoms with van der Waals surface area (Å²) >= 11 is 0. The Balaban J connectivity index is 2.89. The Labute approximate surface area is 99.0 Å². The normalized spacial score (nSPS) is 10.9. The van der Waals surface area contributed by atoms with Gasteiger partial charge in [0.1, 0.15) is 5.75 Å². The molecule has 1 rings (SSSR count). The van der Waals surface area contributed by atoms with E-state index < -0.39 is 0 Å². The Bertz CT molecular complexity index is 345. The van der Waals surface area contributed by atoms with Gasteiger partial charge in [-0.3, -0.25) is 0 Å². The molecule has 0 unspecified atom stereocenters. The lowest BCUT2D eigenvalue weighted by molar-refractivity contribution is 0.240. The fourth-order valence-corrected chi connectivity index (χ4v) is 1.76. The quantitative estimate of drug-likeness (QED) is 0.825. The average Bonchev–Trinajstić information content (AvgIpc) is 2.23. The van der Waals surface area contributed by atoms with Crippen molar-refractivity contribution in [2.75, 3.05) is 13.6 Å². The molecule has 1 aromatic rings. The zero-order valence-corrected chi connectivity index (χ0v) is 11.1. The first-order chi connectivity index (χ1) is 7.56. The Morgan fingerprint density at radius 1 is 1.19 bits per heavy atom. The fourth-order valence-electron chi connectivity index (χ4n) is 1.76. The molecule has 0 spiro atoms. The number of benzene rings is 1. The maximum atomic E-state index is 5.77. The number of hydrogen-bond donors (Lipinski definition) is 1. The van der Waals surface area contributed by atoms with Crippen LogP contribution in [-0.2, 0) is 6.42 Å². The van der Waals surface area contributed by atoms with Crippen LogP contribution in [0, 0.1) is 13.8 Å². The zero-order valence-electron chi connectivity index (χ0n) is 11.1. The van der Waals surface area contributed by atoms with Crippen LogP contribution in [0.5, 0.6) is 5.75 Å². The lowest BCUT2D eigenvalue weighted by atomic mass is 10.00.